The van der Waals surface area contributed by atoms with Crippen LogP contribution in [0.5, 0.6) is 0 Å². The number of anilines is 2. The van der Waals surface area contributed by atoms with Crippen LogP contribution in [0, 0.1) is 5.92 Å². The fraction of sp³-hybridized carbons (Fsp3) is 0.353. The van der Waals surface area contributed by atoms with Gasteiger partial charge in [-0.25, -0.2) is 4.98 Å². The number of nitrogens with zero attached hydrogens (tertiary/aromatic N) is 2. The van der Waals surface area contributed by atoms with Gasteiger partial charge in [0.15, 0.2) is 0 Å². The first-order chi connectivity index (χ1) is 10.2. The first kappa shape index (κ1) is 14.4. The number of benzene rings is 1. The fourth-order valence-corrected chi connectivity index (χ4v) is 3.13. The molecule has 0 radical (unpaired) electrons. The lowest BCUT2D eigenvalue weighted by molar-refractivity contribution is 0.560. The van der Waals surface area contributed by atoms with Crippen molar-refractivity contribution < 1.29 is 0 Å². The molecule has 1 unspecified atom stereocenters. The van der Waals surface area contributed by atoms with Crippen molar-refractivity contribution in [1.82, 2.24) is 10.3 Å². The van der Waals surface area contributed by atoms with Gasteiger partial charge in [0.05, 0.1) is 5.02 Å². The van der Waals surface area contributed by atoms with Gasteiger partial charge in [-0.05, 0) is 42.6 Å². The molecule has 1 N–H and O–H groups in total. The van der Waals surface area contributed by atoms with E-state index in [0.717, 1.165) is 30.9 Å². The van der Waals surface area contributed by atoms with Crippen molar-refractivity contribution in [2.45, 2.75) is 19.9 Å². The van der Waals surface area contributed by atoms with Gasteiger partial charge >= 0.3 is 0 Å². The summed E-state index contributed by atoms with van der Waals surface area (Å²) < 4.78 is 0. The average Bonchev–Trinajstić information content (AvgIpc) is 2.49. The second kappa shape index (κ2) is 6.04. The highest BCUT2D eigenvalue weighted by molar-refractivity contribution is 6.31. The number of pyridine rings is 1. The summed E-state index contributed by atoms with van der Waals surface area (Å²) in [5, 5.41) is 3.87. The van der Waals surface area contributed by atoms with Gasteiger partial charge in [0.1, 0.15) is 5.82 Å². The Morgan fingerprint density at radius 2 is 2.19 bits per heavy atom. The number of fused-ring (bicyclic) bond motifs is 1. The SMILES string of the molecule is CNCc1cc(N2CC(C)Cc3ccccc32)ncc1Cl. The fourth-order valence-electron chi connectivity index (χ4n) is 2.95. The lowest BCUT2D eigenvalue weighted by atomic mass is 9.94. The van der Waals surface area contributed by atoms with Crippen LogP contribution in [-0.2, 0) is 13.0 Å². The molecule has 4 heteroatoms. The molecular formula is C17H20ClN3. The predicted octanol–water partition coefficient (Wildman–Crippen LogP) is 3.78. The van der Waals surface area contributed by atoms with Crippen LogP contribution >= 0.6 is 11.6 Å². The molecule has 1 aromatic heterocycles. The van der Waals surface area contributed by atoms with Crippen molar-refractivity contribution in [3.63, 3.8) is 0 Å². The molecule has 3 nitrogen and oxygen atoms in total. The summed E-state index contributed by atoms with van der Waals surface area (Å²) in [5.41, 5.74) is 3.74. The molecule has 2 aromatic rings. The first-order valence-corrected chi connectivity index (χ1v) is 7.71. The van der Waals surface area contributed by atoms with Gasteiger partial charge in [-0.3, -0.25) is 0 Å². The van der Waals surface area contributed by atoms with Crippen molar-refractivity contribution in [3.8, 4) is 0 Å². The van der Waals surface area contributed by atoms with Gasteiger partial charge in [-0.1, -0.05) is 36.7 Å². The molecule has 0 aliphatic carbocycles. The Hall–Kier alpha value is -1.58. The van der Waals surface area contributed by atoms with Gasteiger partial charge in [0.25, 0.3) is 0 Å². The van der Waals surface area contributed by atoms with Crippen LogP contribution < -0.4 is 10.2 Å². The molecule has 1 aliphatic heterocycles. The smallest absolute Gasteiger partial charge is 0.133 e. The van der Waals surface area contributed by atoms with Gasteiger partial charge in [0, 0.05) is 25.0 Å². The van der Waals surface area contributed by atoms with Crippen LogP contribution in [0.2, 0.25) is 5.02 Å². The van der Waals surface area contributed by atoms with E-state index in [2.05, 4.69) is 52.5 Å². The Balaban J connectivity index is 2.02. The molecule has 21 heavy (non-hydrogen) atoms. The van der Waals surface area contributed by atoms with Crippen LogP contribution in [0.1, 0.15) is 18.1 Å². The molecule has 3 rings (SSSR count). The highest BCUT2D eigenvalue weighted by Crippen LogP contribution is 2.35. The molecule has 0 amide bonds. The molecule has 110 valence electrons. The largest absolute Gasteiger partial charge is 0.326 e. The Bertz CT molecular complexity index is 642. The molecule has 0 saturated heterocycles. The van der Waals surface area contributed by atoms with Gasteiger partial charge in [-0.2, -0.15) is 0 Å². The zero-order valence-corrected chi connectivity index (χ0v) is 13.2. The second-order valence-corrected chi connectivity index (χ2v) is 6.12. The van der Waals surface area contributed by atoms with Crippen molar-refractivity contribution in [2.75, 3.05) is 18.5 Å². The molecule has 1 atom stereocenters. The van der Waals surface area contributed by atoms with E-state index in [1.807, 2.05) is 7.05 Å². The van der Waals surface area contributed by atoms with Crippen molar-refractivity contribution in [1.29, 1.82) is 0 Å². The Morgan fingerprint density at radius 3 is 3.00 bits per heavy atom. The van der Waals surface area contributed by atoms with Gasteiger partial charge < -0.3 is 10.2 Å². The number of para-hydroxylation sites is 1. The Labute approximate surface area is 131 Å². The third-order valence-corrected chi connectivity index (χ3v) is 4.25. The van der Waals surface area contributed by atoms with Crippen molar-refractivity contribution in [3.05, 3.63) is 52.7 Å². The number of hydrogen-bond acceptors (Lipinski definition) is 3. The summed E-state index contributed by atoms with van der Waals surface area (Å²) >= 11 is 6.22. The lowest BCUT2D eigenvalue weighted by Gasteiger charge is -2.34. The van der Waals surface area contributed by atoms with E-state index in [9.17, 15) is 0 Å². The Morgan fingerprint density at radius 1 is 1.38 bits per heavy atom. The highest BCUT2D eigenvalue weighted by Gasteiger charge is 2.23. The predicted molar refractivity (Wildman–Crippen MR) is 88.3 cm³/mol. The number of hydrogen-bond donors (Lipinski definition) is 1. The van der Waals surface area contributed by atoms with E-state index in [1.54, 1.807) is 6.20 Å². The van der Waals surface area contributed by atoms with Crippen LogP contribution in [0.25, 0.3) is 0 Å². The standard InChI is InChI=1S/C17H20ClN3/c1-12-7-13-5-3-4-6-16(13)21(11-12)17-8-14(9-19-2)15(18)10-20-17/h3-6,8,10,12,19H,7,9,11H2,1-2H3. The number of aromatic nitrogens is 1. The molecule has 0 bridgehead atoms. The lowest BCUT2D eigenvalue weighted by Crippen LogP contribution is -2.31. The summed E-state index contributed by atoms with van der Waals surface area (Å²) in [5.74, 6) is 1.59. The maximum absolute atomic E-state index is 6.22. The van der Waals surface area contributed by atoms with Gasteiger partial charge in [0.2, 0.25) is 0 Å². The summed E-state index contributed by atoms with van der Waals surface area (Å²) in [6, 6.07) is 10.7. The molecule has 0 saturated carbocycles. The summed E-state index contributed by atoms with van der Waals surface area (Å²) in [7, 11) is 1.93. The first-order valence-electron chi connectivity index (χ1n) is 7.33. The molecule has 0 spiro atoms. The van der Waals surface area contributed by atoms with E-state index < -0.39 is 0 Å². The number of nitrogens with one attached hydrogen (secondary N) is 1. The van der Waals surface area contributed by atoms with Crippen LogP contribution in [0.15, 0.2) is 36.5 Å². The summed E-state index contributed by atoms with van der Waals surface area (Å²) in [6.45, 7) is 4.03. The van der Waals surface area contributed by atoms with E-state index >= 15 is 0 Å². The van der Waals surface area contributed by atoms with Crippen LogP contribution in [0.4, 0.5) is 11.5 Å². The molecular weight excluding hydrogens is 282 g/mol. The third kappa shape index (κ3) is 2.89. The van der Waals surface area contributed by atoms with E-state index in [1.165, 1.54) is 11.3 Å². The topological polar surface area (TPSA) is 28.2 Å². The zero-order valence-electron chi connectivity index (χ0n) is 12.4. The minimum absolute atomic E-state index is 0.616. The van der Waals surface area contributed by atoms with Crippen molar-refractivity contribution >= 4 is 23.1 Å². The van der Waals surface area contributed by atoms with E-state index in [4.69, 9.17) is 11.6 Å². The minimum atomic E-state index is 0.616. The maximum Gasteiger partial charge on any atom is 0.133 e. The second-order valence-electron chi connectivity index (χ2n) is 5.71. The van der Waals surface area contributed by atoms with E-state index in [-0.39, 0.29) is 0 Å². The quantitative estimate of drug-likeness (QED) is 0.935. The van der Waals surface area contributed by atoms with Crippen LogP contribution in [0.3, 0.4) is 0 Å². The summed E-state index contributed by atoms with van der Waals surface area (Å²) in [6.07, 6.45) is 2.88. The number of rotatable bonds is 3. The monoisotopic (exact) mass is 301 g/mol. The maximum atomic E-state index is 6.22. The zero-order chi connectivity index (χ0) is 14.8. The average molecular weight is 302 g/mol. The normalized spacial score (nSPS) is 17.7. The van der Waals surface area contributed by atoms with E-state index in [0.29, 0.717) is 10.9 Å². The Kier molecular flexibility index (Phi) is 4.13. The molecule has 1 aliphatic rings. The minimum Gasteiger partial charge on any atom is -0.326 e. The third-order valence-electron chi connectivity index (χ3n) is 3.91. The molecule has 0 fully saturated rings. The highest BCUT2D eigenvalue weighted by atomic mass is 35.5. The van der Waals surface area contributed by atoms with Crippen LogP contribution in [-0.4, -0.2) is 18.6 Å². The number of halogens is 1. The molecule has 1 aromatic carbocycles. The van der Waals surface area contributed by atoms with Gasteiger partial charge in [-0.15, -0.1) is 0 Å². The summed E-state index contributed by atoms with van der Waals surface area (Å²) in [4.78, 5) is 6.85. The van der Waals surface area contributed by atoms with Crippen molar-refractivity contribution in [2.24, 2.45) is 5.92 Å². The molecule has 2 heterocycles.